The summed E-state index contributed by atoms with van der Waals surface area (Å²) in [6, 6.07) is 4.54. The van der Waals surface area contributed by atoms with Crippen LogP contribution in [0, 0.1) is 5.82 Å². The van der Waals surface area contributed by atoms with Crippen LogP contribution in [0.4, 0.5) is 4.39 Å². The summed E-state index contributed by atoms with van der Waals surface area (Å²) in [7, 11) is -3.38. The number of halogens is 1. The molecule has 0 N–H and O–H groups in total. The molecule has 0 saturated heterocycles. The van der Waals surface area contributed by atoms with Gasteiger partial charge in [0.1, 0.15) is 5.82 Å². The molecule has 1 aromatic carbocycles. The molecule has 4 nitrogen and oxygen atoms in total. The molecule has 2 rings (SSSR count). The van der Waals surface area contributed by atoms with E-state index >= 15 is 0 Å². The van der Waals surface area contributed by atoms with Gasteiger partial charge in [-0.15, -0.1) is 0 Å². The lowest BCUT2D eigenvalue weighted by atomic mass is 10.1. The average Bonchev–Trinajstić information content (AvgIpc) is 2.65. The molecule has 18 heavy (non-hydrogen) atoms. The summed E-state index contributed by atoms with van der Waals surface area (Å²) < 4.78 is 44.2. The third-order valence-corrected chi connectivity index (χ3v) is 3.81. The number of nitrogens with zero attached hydrogens (tertiary/aromatic N) is 1. The minimum atomic E-state index is -3.38. The van der Waals surface area contributed by atoms with Crippen LogP contribution in [0.15, 0.2) is 18.2 Å². The van der Waals surface area contributed by atoms with Gasteiger partial charge in [-0.25, -0.2) is 4.39 Å². The van der Waals surface area contributed by atoms with Crippen molar-refractivity contribution in [1.29, 1.82) is 0 Å². The molecule has 0 saturated carbocycles. The highest BCUT2D eigenvalue weighted by molar-refractivity contribution is 7.85. The molecule has 2 aromatic rings. The number of hydrogen-bond acceptors (Lipinski definition) is 5. The highest BCUT2D eigenvalue weighted by atomic mass is 32.2. The predicted octanol–water partition coefficient (Wildman–Crippen LogP) is 2.34. The summed E-state index contributed by atoms with van der Waals surface area (Å²) in [5.41, 5.74) is 0.854. The van der Waals surface area contributed by atoms with Crippen LogP contribution in [0.3, 0.4) is 0 Å². The van der Waals surface area contributed by atoms with Crippen LogP contribution in [-0.2, 0) is 20.7 Å². The molecule has 0 aliphatic carbocycles. The second-order valence-corrected chi connectivity index (χ2v) is 6.35. The molecule has 0 radical (unpaired) electrons. The third-order valence-electron chi connectivity index (χ3n) is 2.36. The Labute approximate surface area is 109 Å². The SMILES string of the molecule is CS(=O)(=O)OCCCc1nsc2cc(F)ccc12. The van der Waals surface area contributed by atoms with Crippen LogP contribution in [0.1, 0.15) is 12.1 Å². The maximum atomic E-state index is 13.0. The maximum Gasteiger partial charge on any atom is 0.264 e. The van der Waals surface area contributed by atoms with Crippen molar-refractivity contribution in [2.75, 3.05) is 12.9 Å². The predicted molar refractivity (Wildman–Crippen MR) is 68.7 cm³/mol. The van der Waals surface area contributed by atoms with Gasteiger partial charge in [-0.05, 0) is 42.6 Å². The Morgan fingerprint density at radius 1 is 1.44 bits per heavy atom. The quantitative estimate of drug-likeness (QED) is 0.626. The first-order valence-electron chi connectivity index (χ1n) is 5.34. The second-order valence-electron chi connectivity index (χ2n) is 3.90. The summed E-state index contributed by atoms with van der Waals surface area (Å²) in [6.45, 7) is 0.138. The molecule has 1 heterocycles. The van der Waals surface area contributed by atoms with E-state index in [0.29, 0.717) is 12.8 Å². The smallest absolute Gasteiger partial charge is 0.264 e. The number of benzene rings is 1. The molecule has 0 unspecified atom stereocenters. The monoisotopic (exact) mass is 289 g/mol. The van der Waals surface area contributed by atoms with E-state index in [1.807, 2.05) is 0 Å². The maximum absolute atomic E-state index is 13.0. The number of hydrogen-bond donors (Lipinski definition) is 0. The Bertz CT molecular complexity index is 651. The van der Waals surface area contributed by atoms with Crippen LogP contribution in [0.5, 0.6) is 0 Å². The molecule has 0 amide bonds. The fourth-order valence-electron chi connectivity index (χ4n) is 1.59. The van der Waals surface area contributed by atoms with E-state index in [0.717, 1.165) is 22.0 Å². The third kappa shape index (κ3) is 3.47. The van der Waals surface area contributed by atoms with E-state index in [-0.39, 0.29) is 12.4 Å². The lowest BCUT2D eigenvalue weighted by molar-refractivity contribution is 0.315. The summed E-state index contributed by atoms with van der Waals surface area (Å²) >= 11 is 1.24. The van der Waals surface area contributed by atoms with Gasteiger partial charge in [0.2, 0.25) is 0 Å². The van der Waals surface area contributed by atoms with Crippen molar-refractivity contribution in [2.24, 2.45) is 0 Å². The summed E-state index contributed by atoms with van der Waals surface area (Å²) in [5.74, 6) is -0.280. The molecule has 0 aliphatic heterocycles. The molecular weight excluding hydrogens is 277 g/mol. The summed E-state index contributed by atoms with van der Waals surface area (Å²) in [4.78, 5) is 0. The Balaban J connectivity index is 2.00. The normalized spacial score (nSPS) is 12.1. The van der Waals surface area contributed by atoms with Crippen molar-refractivity contribution in [1.82, 2.24) is 4.37 Å². The molecule has 7 heteroatoms. The van der Waals surface area contributed by atoms with Gasteiger partial charge in [0.05, 0.1) is 23.3 Å². The Morgan fingerprint density at radius 2 is 2.22 bits per heavy atom. The van der Waals surface area contributed by atoms with Crippen LogP contribution in [0.2, 0.25) is 0 Å². The van der Waals surface area contributed by atoms with Gasteiger partial charge in [-0.2, -0.15) is 12.8 Å². The average molecular weight is 289 g/mol. The molecular formula is C11H12FNO3S2. The Kier molecular flexibility index (Phi) is 3.94. The fraction of sp³-hybridized carbons (Fsp3) is 0.364. The zero-order valence-electron chi connectivity index (χ0n) is 9.72. The molecule has 0 atom stereocenters. The zero-order valence-corrected chi connectivity index (χ0v) is 11.4. The first kappa shape index (κ1) is 13.4. The van der Waals surface area contributed by atoms with E-state index in [9.17, 15) is 12.8 Å². The Morgan fingerprint density at radius 3 is 2.94 bits per heavy atom. The van der Waals surface area contributed by atoms with Crippen molar-refractivity contribution >= 4 is 31.7 Å². The number of aryl methyl sites for hydroxylation is 1. The largest absolute Gasteiger partial charge is 0.270 e. The van der Waals surface area contributed by atoms with Gasteiger partial charge in [0.15, 0.2) is 0 Å². The van der Waals surface area contributed by atoms with Crippen molar-refractivity contribution in [3.8, 4) is 0 Å². The molecule has 0 bridgehead atoms. The Hall–Kier alpha value is -1.05. The van der Waals surface area contributed by atoms with Crippen LogP contribution in [-0.4, -0.2) is 25.7 Å². The highest BCUT2D eigenvalue weighted by Crippen LogP contribution is 2.24. The van der Waals surface area contributed by atoms with Gasteiger partial charge < -0.3 is 0 Å². The minimum absolute atomic E-state index is 0.138. The minimum Gasteiger partial charge on any atom is -0.270 e. The van der Waals surface area contributed by atoms with E-state index in [4.69, 9.17) is 0 Å². The lowest BCUT2D eigenvalue weighted by Crippen LogP contribution is -2.05. The molecule has 0 fully saturated rings. The molecule has 0 aliphatic rings. The second kappa shape index (κ2) is 5.29. The first-order chi connectivity index (χ1) is 8.46. The van der Waals surface area contributed by atoms with Crippen molar-refractivity contribution < 1.29 is 17.0 Å². The van der Waals surface area contributed by atoms with E-state index in [1.165, 1.54) is 23.7 Å². The highest BCUT2D eigenvalue weighted by Gasteiger charge is 2.07. The van der Waals surface area contributed by atoms with Crippen molar-refractivity contribution in [2.45, 2.75) is 12.8 Å². The van der Waals surface area contributed by atoms with E-state index in [1.54, 1.807) is 6.07 Å². The molecule has 0 spiro atoms. The van der Waals surface area contributed by atoms with Gasteiger partial charge in [0.25, 0.3) is 10.1 Å². The summed E-state index contributed by atoms with van der Waals surface area (Å²) in [5, 5.41) is 0.917. The van der Waals surface area contributed by atoms with E-state index < -0.39 is 10.1 Å². The van der Waals surface area contributed by atoms with Crippen LogP contribution in [0.25, 0.3) is 10.1 Å². The van der Waals surface area contributed by atoms with Gasteiger partial charge in [0, 0.05) is 5.39 Å². The standard InChI is InChI=1S/C11H12FNO3S2/c1-18(14,15)16-6-2-3-10-9-5-4-8(12)7-11(9)17-13-10/h4-5,7H,2-3,6H2,1H3. The topological polar surface area (TPSA) is 56.3 Å². The molecule has 98 valence electrons. The van der Waals surface area contributed by atoms with Crippen LogP contribution < -0.4 is 0 Å². The number of fused-ring (bicyclic) bond motifs is 1. The first-order valence-corrected chi connectivity index (χ1v) is 7.93. The fourth-order valence-corrected chi connectivity index (χ4v) is 2.86. The summed E-state index contributed by atoms with van der Waals surface area (Å²) in [6.07, 6.45) is 2.19. The number of rotatable bonds is 5. The van der Waals surface area contributed by atoms with Crippen molar-refractivity contribution in [3.63, 3.8) is 0 Å². The van der Waals surface area contributed by atoms with Gasteiger partial charge in [-0.3, -0.25) is 4.18 Å². The number of aromatic nitrogens is 1. The van der Waals surface area contributed by atoms with E-state index in [2.05, 4.69) is 8.56 Å². The molecule has 1 aromatic heterocycles. The van der Waals surface area contributed by atoms with Crippen molar-refractivity contribution in [3.05, 3.63) is 29.7 Å². The van der Waals surface area contributed by atoms with Crippen LogP contribution >= 0.6 is 11.5 Å². The zero-order chi connectivity index (χ0) is 13.2. The lowest BCUT2D eigenvalue weighted by Gasteiger charge is -2.00. The van der Waals surface area contributed by atoms with Gasteiger partial charge >= 0.3 is 0 Å². The van der Waals surface area contributed by atoms with Gasteiger partial charge in [-0.1, -0.05) is 0 Å².